The Balaban J connectivity index is 2.91. The van der Waals surface area contributed by atoms with Crippen molar-refractivity contribution in [3.8, 4) is 6.07 Å². The molecule has 0 spiro atoms. The first kappa shape index (κ1) is 10.8. The Bertz CT molecular complexity index is 386. The van der Waals surface area contributed by atoms with Gasteiger partial charge in [-0.3, -0.25) is 0 Å². The summed E-state index contributed by atoms with van der Waals surface area (Å²) in [6.07, 6.45) is 3.74. The summed E-state index contributed by atoms with van der Waals surface area (Å²) in [6.45, 7) is 3.72. The van der Waals surface area contributed by atoms with Crippen LogP contribution in [0.25, 0.3) is 6.08 Å². The molecule has 1 aromatic rings. The van der Waals surface area contributed by atoms with Gasteiger partial charge in [0, 0.05) is 5.02 Å². The quantitative estimate of drug-likeness (QED) is 0.719. The second kappa shape index (κ2) is 4.30. The van der Waals surface area contributed by atoms with Gasteiger partial charge >= 0.3 is 0 Å². The Kier molecular flexibility index (Phi) is 3.33. The monoisotopic (exact) mass is 205 g/mol. The molecule has 0 aliphatic carbocycles. The number of benzene rings is 1. The predicted octanol–water partition coefficient (Wildman–Crippen LogP) is 3.90. The zero-order valence-electron chi connectivity index (χ0n) is 8.29. The SMILES string of the molecule is CC(C)(C#N)/C=C/c1ccccc1Cl. The van der Waals surface area contributed by atoms with Crippen molar-refractivity contribution in [3.05, 3.63) is 40.9 Å². The van der Waals surface area contributed by atoms with Crippen molar-refractivity contribution in [2.45, 2.75) is 13.8 Å². The third kappa shape index (κ3) is 2.90. The molecule has 0 aromatic heterocycles. The van der Waals surface area contributed by atoms with Crippen LogP contribution >= 0.6 is 11.6 Å². The van der Waals surface area contributed by atoms with Crippen LogP contribution in [0.1, 0.15) is 19.4 Å². The van der Waals surface area contributed by atoms with Crippen LogP contribution in [-0.2, 0) is 0 Å². The largest absolute Gasteiger partial charge is 0.197 e. The number of nitrogens with zero attached hydrogens (tertiary/aromatic N) is 1. The Morgan fingerprint density at radius 1 is 1.36 bits per heavy atom. The van der Waals surface area contributed by atoms with E-state index in [-0.39, 0.29) is 0 Å². The van der Waals surface area contributed by atoms with Gasteiger partial charge in [-0.15, -0.1) is 0 Å². The van der Waals surface area contributed by atoms with Crippen molar-refractivity contribution < 1.29 is 0 Å². The van der Waals surface area contributed by atoms with Gasteiger partial charge in [0.05, 0.1) is 11.5 Å². The molecule has 0 saturated carbocycles. The molecule has 1 rings (SSSR count). The zero-order chi connectivity index (χ0) is 10.6. The summed E-state index contributed by atoms with van der Waals surface area (Å²) < 4.78 is 0. The standard InChI is InChI=1S/C12H12ClN/c1-12(2,9-14)8-7-10-5-3-4-6-11(10)13/h3-8H,1-2H3/b8-7+. The van der Waals surface area contributed by atoms with Crippen LogP contribution in [0.4, 0.5) is 0 Å². The van der Waals surface area contributed by atoms with E-state index in [0.29, 0.717) is 5.02 Å². The lowest BCUT2D eigenvalue weighted by Gasteiger charge is -2.07. The molecule has 14 heavy (non-hydrogen) atoms. The molecule has 0 aliphatic heterocycles. The van der Waals surface area contributed by atoms with Crippen molar-refractivity contribution >= 4 is 17.7 Å². The molecule has 72 valence electrons. The molecule has 0 radical (unpaired) electrons. The first-order chi connectivity index (χ1) is 6.55. The van der Waals surface area contributed by atoms with Gasteiger partial charge in [-0.25, -0.2) is 0 Å². The number of halogens is 1. The van der Waals surface area contributed by atoms with Gasteiger partial charge in [-0.2, -0.15) is 5.26 Å². The Hall–Kier alpha value is -1.26. The minimum atomic E-state index is -0.445. The van der Waals surface area contributed by atoms with Gasteiger partial charge in [0.25, 0.3) is 0 Å². The van der Waals surface area contributed by atoms with Crippen LogP contribution in [0, 0.1) is 16.7 Å². The minimum Gasteiger partial charge on any atom is -0.197 e. The second-order valence-electron chi connectivity index (χ2n) is 3.69. The van der Waals surface area contributed by atoms with Crippen molar-refractivity contribution in [3.63, 3.8) is 0 Å². The highest BCUT2D eigenvalue weighted by atomic mass is 35.5. The summed E-state index contributed by atoms with van der Waals surface area (Å²) >= 11 is 5.96. The highest BCUT2D eigenvalue weighted by Gasteiger charge is 2.10. The van der Waals surface area contributed by atoms with E-state index in [1.807, 2.05) is 50.3 Å². The number of hydrogen-bond acceptors (Lipinski definition) is 1. The molecular weight excluding hydrogens is 194 g/mol. The molecule has 1 aromatic carbocycles. The van der Waals surface area contributed by atoms with Crippen LogP contribution in [-0.4, -0.2) is 0 Å². The lowest BCUT2D eigenvalue weighted by molar-refractivity contribution is 0.647. The topological polar surface area (TPSA) is 23.8 Å². The van der Waals surface area contributed by atoms with E-state index in [9.17, 15) is 0 Å². The Labute approximate surface area is 89.6 Å². The summed E-state index contributed by atoms with van der Waals surface area (Å²) in [4.78, 5) is 0. The van der Waals surface area contributed by atoms with E-state index < -0.39 is 5.41 Å². The fourth-order valence-electron chi connectivity index (χ4n) is 0.946. The van der Waals surface area contributed by atoms with Crippen LogP contribution in [0.3, 0.4) is 0 Å². The van der Waals surface area contributed by atoms with Crippen molar-refractivity contribution in [2.75, 3.05) is 0 Å². The van der Waals surface area contributed by atoms with Crippen LogP contribution in [0.2, 0.25) is 5.02 Å². The molecule has 0 atom stereocenters. The van der Waals surface area contributed by atoms with Gasteiger partial charge in [0.15, 0.2) is 0 Å². The van der Waals surface area contributed by atoms with Crippen LogP contribution in [0.15, 0.2) is 30.3 Å². The highest BCUT2D eigenvalue weighted by Crippen LogP contribution is 2.21. The van der Waals surface area contributed by atoms with Gasteiger partial charge in [0.1, 0.15) is 0 Å². The molecule has 0 saturated heterocycles. The lowest BCUT2D eigenvalue weighted by atomic mass is 9.94. The van der Waals surface area contributed by atoms with Gasteiger partial charge < -0.3 is 0 Å². The number of rotatable bonds is 2. The molecule has 0 heterocycles. The normalized spacial score (nSPS) is 11.6. The average molecular weight is 206 g/mol. The molecule has 0 N–H and O–H groups in total. The molecule has 0 unspecified atom stereocenters. The molecule has 0 fully saturated rings. The Morgan fingerprint density at radius 3 is 2.57 bits per heavy atom. The summed E-state index contributed by atoms with van der Waals surface area (Å²) in [5, 5.41) is 9.51. The maximum atomic E-state index is 8.81. The third-order valence-electron chi connectivity index (χ3n) is 1.87. The van der Waals surface area contributed by atoms with Crippen molar-refractivity contribution in [1.29, 1.82) is 5.26 Å². The first-order valence-electron chi connectivity index (χ1n) is 4.40. The van der Waals surface area contributed by atoms with Crippen molar-refractivity contribution in [2.24, 2.45) is 5.41 Å². The fourth-order valence-corrected chi connectivity index (χ4v) is 1.14. The smallest absolute Gasteiger partial charge is 0.0725 e. The molecule has 0 bridgehead atoms. The summed E-state index contributed by atoms with van der Waals surface area (Å²) in [6, 6.07) is 9.76. The maximum Gasteiger partial charge on any atom is 0.0725 e. The van der Waals surface area contributed by atoms with E-state index in [0.717, 1.165) is 5.56 Å². The van der Waals surface area contributed by atoms with E-state index in [1.165, 1.54) is 0 Å². The fraction of sp³-hybridized carbons (Fsp3) is 0.250. The second-order valence-corrected chi connectivity index (χ2v) is 4.10. The summed E-state index contributed by atoms with van der Waals surface area (Å²) in [5.74, 6) is 0. The van der Waals surface area contributed by atoms with E-state index in [1.54, 1.807) is 0 Å². The minimum absolute atomic E-state index is 0.445. The highest BCUT2D eigenvalue weighted by molar-refractivity contribution is 6.32. The average Bonchev–Trinajstić information content (AvgIpc) is 2.17. The first-order valence-corrected chi connectivity index (χ1v) is 4.78. The van der Waals surface area contributed by atoms with E-state index in [4.69, 9.17) is 16.9 Å². The molecule has 0 aliphatic rings. The van der Waals surface area contributed by atoms with E-state index in [2.05, 4.69) is 6.07 Å². The van der Waals surface area contributed by atoms with Crippen LogP contribution < -0.4 is 0 Å². The molecule has 0 amide bonds. The molecule has 2 heteroatoms. The number of allylic oxidation sites excluding steroid dienone is 1. The van der Waals surface area contributed by atoms with Gasteiger partial charge in [-0.05, 0) is 25.5 Å². The Morgan fingerprint density at radius 2 is 2.00 bits per heavy atom. The van der Waals surface area contributed by atoms with Crippen LogP contribution in [0.5, 0.6) is 0 Å². The zero-order valence-corrected chi connectivity index (χ0v) is 9.05. The van der Waals surface area contributed by atoms with Crippen molar-refractivity contribution in [1.82, 2.24) is 0 Å². The maximum absolute atomic E-state index is 8.81. The third-order valence-corrected chi connectivity index (χ3v) is 2.22. The summed E-state index contributed by atoms with van der Waals surface area (Å²) in [5.41, 5.74) is 0.497. The summed E-state index contributed by atoms with van der Waals surface area (Å²) in [7, 11) is 0. The lowest BCUT2D eigenvalue weighted by Crippen LogP contribution is -2.01. The number of nitriles is 1. The molecular formula is C12H12ClN. The van der Waals surface area contributed by atoms with Gasteiger partial charge in [-0.1, -0.05) is 42.0 Å². The van der Waals surface area contributed by atoms with E-state index >= 15 is 0 Å². The number of hydrogen-bond donors (Lipinski definition) is 0. The predicted molar refractivity (Wildman–Crippen MR) is 59.9 cm³/mol. The van der Waals surface area contributed by atoms with Gasteiger partial charge in [0.2, 0.25) is 0 Å². The molecule has 1 nitrogen and oxygen atoms in total.